The number of guanidine groups is 1. The summed E-state index contributed by atoms with van der Waals surface area (Å²) in [6, 6.07) is 9.87. The summed E-state index contributed by atoms with van der Waals surface area (Å²) < 4.78 is 35.7. The third-order valence-electron chi connectivity index (χ3n) is 6.87. The Morgan fingerprint density at radius 2 is 1.88 bits per heavy atom. The van der Waals surface area contributed by atoms with E-state index in [2.05, 4.69) is 26.4 Å². The van der Waals surface area contributed by atoms with Gasteiger partial charge in [-0.2, -0.15) is 0 Å². The normalized spacial score (nSPS) is 14.4. The summed E-state index contributed by atoms with van der Waals surface area (Å²) in [5.41, 5.74) is 15.4. The number of carboxylic acid groups (broad SMARTS) is 1. The summed E-state index contributed by atoms with van der Waals surface area (Å²) in [5.74, 6) is -1.76. The van der Waals surface area contributed by atoms with Crippen molar-refractivity contribution in [3.05, 3.63) is 63.3 Å². The number of thiophene rings is 1. The highest BCUT2D eigenvalue weighted by Gasteiger charge is 2.29. The Bertz CT molecular complexity index is 1630. The van der Waals surface area contributed by atoms with Crippen LogP contribution in [0.4, 0.5) is 5.69 Å². The lowest BCUT2D eigenvalue weighted by molar-refractivity contribution is -0.139. The first-order valence-electron chi connectivity index (χ1n) is 12.9. The molecule has 0 radical (unpaired) electrons. The third-order valence-corrected chi connectivity index (χ3v) is 9.16. The number of sulfonamides is 1. The van der Waals surface area contributed by atoms with Crippen LogP contribution >= 0.6 is 11.3 Å². The average Bonchev–Trinajstić information content (AvgIpc) is 3.69. The fourth-order valence-corrected chi connectivity index (χ4v) is 6.97. The molecule has 3 heterocycles. The van der Waals surface area contributed by atoms with Gasteiger partial charge in [0.1, 0.15) is 21.6 Å². The van der Waals surface area contributed by atoms with Gasteiger partial charge >= 0.3 is 5.97 Å². The van der Waals surface area contributed by atoms with E-state index in [0.717, 1.165) is 41.1 Å². The van der Waals surface area contributed by atoms with Gasteiger partial charge in [-0.15, -0.1) is 11.3 Å². The van der Waals surface area contributed by atoms with Gasteiger partial charge in [-0.25, -0.2) is 13.2 Å². The number of fused-ring (bicyclic) bond motifs is 2. The summed E-state index contributed by atoms with van der Waals surface area (Å²) in [5, 5.41) is 16.9. The molecule has 8 N–H and O–H groups in total. The number of carboxylic acids is 1. The molecule has 0 aliphatic carbocycles. The Hall–Kier alpha value is -4.14. The minimum atomic E-state index is -4.19. The highest BCUT2D eigenvalue weighted by atomic mass is 32.2. The number of aliphatic imine (C=N–C) groups is 1. The van der Waals surface area contributed by atoms with Gasteiger partial charge in [0, 0.05) is 26.1 Å². The number of nitrogens with zero attached hydrogens (tertiary/aromatic N) is 1. The summed E-state index contributed by atoms with van der Waals surface area (Å²) >= 11 is 0.992. The number of carbonyl (C=O) groups is 2. The van der Waals surface area contributed by atoms with Crippen molar-refractivity contribution < 1.29 is 27.9 Å². The van der Waals surface area contributed by atoms with Crippen LogP contribution in [-0.4, -0.2) is 50.6 Å². The third kappa shape index (κ3) is 6.29. The highest BCUT2D eigenvalue weighted by molar-refractivity contribution is 7.92. The monoisotopic (exact) mass is 598 g/mol. The maximum Gasteiger partial charge on any atom is 0.326 e. The fourth-order valence-electron chi connectivity index (χ4n) is 4.86. The van der Waals surface area contributed by atoms with Crippen molar-refractivity contribution in [1.82, 2.24) is 10.6 Å². The smallest absolute Gasteiger partial charge is 0.326 e. The molecule has 2 aliphatic rings. The molecule has 1 aromatic heterocycles. The van der Waals surface area contributed by atoms with Crippen LogP contribution in [0.1, 0.15) is 39.2 Å². The number of nitrogens with two attached hydrogens (primary N) is 2. The molecule has 216 valence electrons. The second-order valence-corrected chi connectivity index (χ2v) is 12.3. The number of aliphatic carboxylic acids is 1. The number of benzene rings is 2. The second kappa shape index (κ2) is 11.8. The van der Waals surface area contributed by atoms with E-state index in [-0.39, 0.29) is 40.1 Å². The largest absolute Gasteiger partial charge is 0.492 e. The van der Waals surface area contributed by atoms with E-state index in [1.807, 2.05) is 18.2 Å². The van der Waals surface area contributed by atoms with E-state index < -0.39 is 27.9 Å². The van der Waals surface area contributed by atoms with Gasteiger partial charge in [-0.1, -0.05) is 12.1 Å². The van der Waals surface area contributed by atoms with Gasteiger partial charge in [0.15, 0.2) is 5.96 Å². The van der Waals surface area contributed by atoms with Gasteiger partial charge in [-0.3, -0.25) is 14.5 Å². The van der Waals surface area contributed by atoms with Crippen LogP contribution in [0.25, 0.3) is 11.1 Å². The first-order chi connectivity index (χ1) is 19.6. The number of carbonyl (C=O) groups excluding carboxylic acids is 1. The van der Waals surface area contributed by atoms with Crippen molar-refractivity contribution >= 4 is 44.9 Å². The second-order valence-electron chi connectivity index (χ2n) is 9.73. The van der Waals surface area contributed by atoms with Crippen LogP contribution < -0.4 is 31.6 Å². The number of hydrogen-bond acceptors (Lipinski definition) is 8. The first-order valence-corrected chi connectivity index (χ1v) is 15.3. The molecule has 14 heteroatoms. The highest BCUT2D eigenvalue weighted by Crippen LogP contribution is 2.39. The Morgan fingerprint density at radius 3 is 2.66 bits per heavy atom. The zero-order valence-corrected chi connectivity index (χ0v) is 23.6. The fraction of sp³-hybridized carbons (Fsp3) is 0.296. The molecule has 0 fully saturated rings. The van der Waals surface area contributed by atoms with Crippen molar-refractivity contribution in [2.75, 3.05) is 17.9 Å². The minimum absolute atomic E-state index is 0.0261. The van der Waals surface area contributed by atoms with Crippen LogP contribution in [0.3, 0.4) is 0 Å². The van der Waals surface area contributed by atoms with E-state index in [0.29, 0.717) is 19.4 Å². The van der Waals surface area contributed by atoms with E-state index in [4.69, 9.17) is 16.2 Å². The number of hydrogen-bond donors (Lipinski definition) is 6. The van der Waals surface area contributed by atoms with Crippen molar-refractivity contribution in [3.63, 3.8) is 0 Å². The number of rotatable bonds is 11. The molecule has 2 aromatic carbocycles. The van der Waals surface area contributed by atoms with Crippen molar-refractivity contribution in [2.24, 2.45) is 16.5 Å². The van der Waals surface area contributed by atoms with Crippen LogP contribution in [0.5, 0.6) is 5.75 Å². The van der Waals surface area contributed by atoms with Crippen molar-refractivity contribution in [3.8, 4) is 16.9 Å². The average molecular weight is 599 g/mol. The van der Waals surface area contributed by atoms with E-state index in [9.17, 15) is 23.1 Å². The van der Waals surface area contributed by atoms with Gasteiger partial charge in [-0.05, 0) is 70.3 Å². The Kier molecular flexibility index (Phi) is 8.15. The van der Waals surface area contributed by atoms with Gasteiger partial charge in [0.05, 0.1) is 12.3 Å². The van der Waals surface area contributed by atoms with Crippen molar-refractivity contribution in [2.45, 2.75) is 43.3 Å². The predicted molar refractivity (Wildman–Crippen MR) is 156 cm³/mol. The molecule has 3 aromatic rings. The molecule has 0 spiro atoms. The molecule has 0 bridgehead atoms. The van der Waals surface area contributed by atoms with E-state index >= 15 is 0 Å². The molecule has 5 rings (SSSR count). The number of nitrogens with one attached hydrogen (secondary N) is 3. The molecule has 12 nitrogen and oxygen atoms in total. The lowest BCUT2D eigenvalue weighted by Gasteiger charge is -2.16. The molecule has 41 heavy (non-hydrogen) atoms. The lowest BCUT2D eigenvalue weighted by atomic mass is 9.98. The molecular formula is C27H30N6O6S2. The Balaban J connectivity index is 1.38. The quantitative estimate of drug-likeness (QED) is 0.109. The first kappa shape index (κ1) is 28.4. The molecular weight excluding hydrogens is 568 g/mol. The maximum absolute atomic E-state index is 13.7. The molecule has 2 aliphatic heterocycles. The number of amides is 1. The van der Waals surface area contributed by atoms with Gasteiger partial charge in [0.25, 0.3) is 15.9 Å². The lowest BCUT2D eigenvalue weighted by Crippen LogP contribution is -2.40. The van der Waals surface area contributed by atoms with Gasteiger partial charge < -0.3 is 31.9 Å². The predicted octanol–water partition coefficient (Wildman–Crippen LogP) is 1.99. The topological polar surface area (TPSA) is 198 Å². The van der Waals surface area contributed by atoms with Crippen LogP contribution in [0, 0.1) is 0 Å². The zero-order valence-electron chi connectivity index (χ0n) is 22.0. The Morgan fingerprint density at radius 1 is 1.10 bits per heavy atom. The minimum Gasteiger partial charge on any atom is -0.492 e. The SMILES string of the molecule is NC(N)=NCCC[C@H](NC(=O)c1sccc1NS(=O)(=O)c1cc(-c2ccc3c(c2)CNC3)cc2c1OCC2)C(=O)O. The van der Waals surface area contributed by atoms with E-state index in [1.165, 1.54) is 17.2 Å². The summed E-state index contributed by atoms with van der Waals surface area (Å²) in [6.07, 6.45) is 0.977. The van der Waals surface area contributed by atoms with Crippen LogP contribution in [-0.2, 0) is 34.3 Å². The molecule has 0 unspecified atom stereocenters. The number of ether oxygens (including phenoxy) is 1. The summed E-state index contributed by atoms with van der Waals surface area (Å²) in [4.78, 5) is 28.6. The van der Waals surface area contributed by atoms with E-state index in [1.54, 1.807) is 11.4 Å². The van der Waals surface area contributed by atoms with Crippen LogP contribution in [0.2, 0.25) is 0 Å². The van der Waals surface area contributed by atoms with Gasteiger partial charge in [0.2, 0.25) is 0 Å². The van der Waals surface area contributed by atoms with Crippen LogP contribution in [0.15, 0.2) is 51.7 Å². The molecule has 0 saturated heterocycles. The number of anilines is 1. The Labute approximate surface area is 240 Å². The standard InChI is InChI=1S/C27H30N6O6S2/c28-27(29)31-7-1-2-21(26(35)36)32-25(34)24-20(6-9-40-24)33-41(37,38)22-12-18(11-16-5-8-39-23(16)22)15-3-4-17-13-30-14-19(17)10-15/h3-4,6,9-12,21,30,33H,1-2,5,7-8,13-14H2,(H,32,34)(H,35,36)(H4,28,29,31)/t21-/m0/s1. The summed E-state index contributed by atoms with van der Waals surface area (Å²) in [6.45, 7) is 2.13. The molecule has 1 amide bonds. The molecule has 0 saturated carbocycles. The van der Waals surface area contributed by atoms with Crippen molar-refractivity contribution in [1.29, 1.82) is 0 Å². The zero-order chi connectivity index (χ0) is 29.1. The molecule has 1 atom stereocenters. The summed E-state index contributed by atoms with van der Waals surface area (Å²) in [7, 11) is -4.19. The maximum atomic E-state index is 13.7.